The van der Waals surface area contributed by atoms with Crippen LogP contribution >= 0.6 is 22.9 Å². The molecule has 5 aromatic rings. The highest BCUT2D eigenvalue weighted by Gasteiger charge is 2.18. The summed E-state index contributed by atoms with van der Waals surface area (Å²) in [6.45, 7) is 7.68. The first-order valence-electron chi connectivity index (χ1n) is 13.9. The molecular formula is C32H34ClN5O2S. The quantitative estimate of drug-likeness (QED) is 0.0982. The van der Waals surface area contributed by atoms with Crippen molar-refractivity contribution < 1.29 is 9.84 Å². The molecule has 0 saturated carbocycles. The van der Waals surface area contributed by atoms with E-state index in [0.717, 1.165) is 90.3 Å². The monoisotopic (exact) mass is 587 g/mol. The fourth-order valence-electron chi connectivity index (χ4n) is 5.37. The van der Waals surface area contributed by atoms with Crippen molar-refractivity contribution in [2.45, 2.75) is 13.1 Å². The lowest BCUT2D eigenvalue weighted by Gasteiger charge is -2.34. The van der Waals surface area contributed by atoms with Crippen LogP contribution < -0.4 is 15.4 Å². The van der Waals surface area contributed by atoms with Crippen LogP contribution in [0, 0.1) is 0 Å². The van der Waals surface area contributed by atoms with Crippen molar-refractivity contribution in [1.29, 1.82) is 0 Å². The van der Waals surface area contributed by atoms with Gasteiger partial charge in [0.2, 0.25) is 0 Å². The predicted octanol–water partition coefficient (Wildman–Crippen LogP) is 6.47. The van der Waals surface area contributed by atoms with Crippen LogP contribution in [-0.2, 0) is 13.1 Å². The molecule has 0 spiro atoms. The van der Waals surface area contributed by atoms with Crippen molar-refractivity contribution in [3.63, 3.8) is 0 Å². The number of nitrogens with zero attached hydrogens (tertiary/aromatic N) is 3. The second kappa shape index (κ2) is 12.6. The maximum absolute atomic E-state index is 10.7. The lowest BCUT2D eigenvalue weighted by atomic mass is 10.1. The average Bonchev–Trinajstić information content (AvgIpc) is 3.51. The first-order chi connectivity index (χ1) is 20.1. The minimum absolute atomic E-state index is 0.314. The van der Waals surface area contributed by atoms with Crippen molar-refractivity contribution in [2.75, 3.05) is 51.7 Å². The third-order valence-corrected chi connectivity index (χ3v) is 8.75. The molecule has 0 bridgehead atoms. The van der Waals surface area contributed by atoms with Gasteiger partial charge in [0.05, 0.1) is 23.8 Å². The standard InChI is InChI=1S/C32H34ClN5O2S/c1-40-25-6-8-29-28(19-25)32(27-7-4-23(33)18-30(27)36-29)35-24-5-9-31(39)22(17-24)21-38-14-12-37(13-15-38)11-10-34-20-26-3-2-16-41-26/h2-9,16-19,34,39H,10-15,20-21H2,1H3,(H,35,36). The first kappa shape index (κ1) is 27.8. The molecule has 41 heavy (non-hydrogen) atoms. The molecule has 9 heteroatoms. The zero-order valence-corrected chi connectivity index (χ0v) is 24.6. The van der Waals surface area contributed by atoms with Gasteiger partial charge in [-0.05, 0) is 66.0 Å². The summed E-state index contributed by atoms with van der Waals surface area (Å²) in [6, 6.07) is 21.6. The Morgan fingerprint density at radius 3 is 2.61 bits per heavy atom. The minimum atomic E-state index is 0.314. The van der Waals surface area contributed by atoms with Gasteiger partial charge in [0, 0.05) is 84.3 Å². The maximum atomic E-state index is 10.7. The van der Waals surface area contributed by atoms with E-state index < -0.39 is 0 Å². The fraction of sp³-hybridized carbons (Fsp3) is 0.281. The lowest BCUT2D eigenvalue weighted by Crippen LogP contribution is -2.47. The van der Waals surface area contributed by atoms with E-state index in [1.54, 1.807) is 24.5 Å². The van der Waals surface area contributed by atoms with Gasteiger partial charge in [0.1, 0.15) is 11.5 Å². The summed E-state index contributed by atoms with van der Waals surface area (Å²) in [7, 11) is 1.66. The maximum Gasteiger partial charge on any atom is 0.120 e. The molecule has 1 fully saturated rings. The highest BCUT2D eigenvalue weighted by Crippen LogP contribution is 2.37. The van der Waals surface area contributed by atoms with Crippen molar-refractivity contribution in [3.05, 3.63) is 87.6 Å². The van der Waals surface area contributed by atoms with Crippen LogP contribution in [0.2, 0.25) is 5.02 Å². The fourth-order valence-corrected chi connectivity index (χ4v) is 6.21. The van der Waals surface area contributed by atoms with Crippen LogP contribution in [0.4, 0.5) is 11.4 Å². The van der Waals surface area contributed by atoms with E-state index in [2.05, 4.69) is 37.9 Å². The van der Waals surface area contributed by atoms with Gasteiger partial charge in [-0.1, -0.05) is 17.7 Å². The van der Waals surface area contributed by atoms with Crippen molar-refractivity contribution >= 4 is 56.1 Å². The second-order valence-corrected chi connectivity index (χ2v) is 11.8. The summed E-state index contributed by atoms with van der Waals surface area (Å²) < 4.78 is 5.51. The molecule has 0 amide bonds. The Labute approximate surface area is 249 Å². The number of benzene rings is 3. The molecule has 3 aromatic carbocycles. The molecule has 2 aromatic heterocycles. The molecule has 3 N–H and O–H groups in total. The SMILES string of the molecule is COc1ccc2nc3cc(Cl)ccc3c(Nc3ccc(O)c(CN4CCN(CCNCc5cccs5)CC4)c3)c2c1. The molecule has 212 valence electrons. The highest BCUT2D eigenvalue weighted by atomic mass is 35.5. The molecule has 0 atom stereocenters. The number of rotatable bonds is 10. The van der Waals surface area contributed by atoms with Gasteiger partial charge in [0.25, 0.3) is 0 Å². The molecule has 1 saturated heterocycles. The van der Waals surface area contributed by atoms with Crippen LogP contribution in [0.3, 0.4) is 0 Å². The summed E-state index contributed by atoms with van der Waals surface area (Å²) in [4.78, 5) is 11.1. The Morgan fingerprint density at radius 2 is 1.80 bits per heavy atom. The number of fused-ring (bicyclic) bond motifs is 2. The van der Waals surface area contributed by atoms with Gasteiger partial charge in [-0.2, -0.15) is 0 Å². The summed E-state index contributed by atoms with van der Waals surface area (Å²) in [5.74, 6) is 1.08. The number of hydrogen-bond acceptors (Lipinski definition) is 8. The van der Waals surface area contributed by atoms with E-state index in [1.807, 2.05) is 48.5 Å². The number of aromatic nitrogens is 1. The largest absolute Gasteiger partial charge is 0.508 e. The van der Waals surface area contributed by atoms with Crippen LogP contribution in [0.25, 0.3) is 21.8 Å². The van der Waals surface area contributed by atoms with Crippen LogP contribution in [-0.4, -0.2) is 66.3 Å². The first-order valence-corrected chi connectivity index (χ1v) is 15.2. The molecule has 1 aliphatic rings. The van der Waals surface area contributed by atoms with Crippen molar-refractivity contribution in [2.24, 2.45) is 0 Å². The zero-order valence-electron chi connectivity index (χ0n) is 23.1. The molecule has 6 rings (SSSR count). The number of nitrogens with one attached hydrogen (secondary N) is 2. The van der Waals surface area contributed by atoms with E-state index in [4.69, 9.17) is 21.3 Å². The number of phenolic OH excluding ortho intramolecular Hbond substituents is 1. The van der Waals surface area contributed by atoms with Gasteiger partial charge >= 0.3 is 0 Å². The number of pyridine rings is 1. The topological polar surface area (TPSA) is 72.9 Å². The number of halogens is 1. The van der Waals surface area contributed by atoms with E-state index in [-0.39, 0.29) is 0 Å². The minimum Gasteiger partial charge on any atom is -0.508 e. The molecule has 0 unspecified atom stereocenters. The number of hydrogen-bond donors (Lipinski definition) is 3. The average molecular weight is 588 g/mol. The smallest absolute Gasteiger partial charge is 0.120 e. The van der Waals surface area contributed by atoms with E-state index in [0.29, 0.717) is 17.3 Å². The van der Waals surface area contributed by atoms with Crippen molar-refractivity contribution in [1.82, 2.24) is 20.1 Å². The van der Waals surface area contributed by atoms with Gasteiger partial charge < -0.3 is 20.5 Å². The molecule has 1 aliphatic heterocycles. The van der Waals surface area contributed by atoms with Gasteiger partial charge in [-0.15, -0.1) is 11.3 Å². The molecular weight excluding hydrogens is 554 g/mol. The summed E-state index contributed by atoms with van der Waals surface area (Å²) >= 11 is 8.10. The Morgan fingerprint density at radius 1 is 0.951 bits per heavy atom. The third kappa shape index (κ3) is 6.58. The predicted molar refractivity (Wildman–Crippen MR) is 170 cm³/mol. The van der Waals surface area contributed by atoms with Crippen LogP contribution in [0.1, 0.15) is 10.4 Å². The summed E-state index contributed by atoms with van der Waals surface area (Å²) in [5, 5.41) is 22.6. The Kier molecular flexibility index (Phi) is 8.55. The van der Waals surface area contributed by atoms with Gasteiger partial charge in [-0.3, -0.25) is 9.80 Å². The summed E-state index contributed by atoms with van der Waals surface area (Å²) in [5.41, 5.74) is 4.40. The lowest BCUT2D eigenvalue weighted by molar-refractivity contribution is 0.127. The zero-order chi connectivity index (χ0) is 28.2. The van der Waals surface area contributed by atoms with Gasteiger partial charge in [-0.25, -0.2) is 4.98 Å². The van der Waals surface area contributed by atoms with Gasteiger partial charge in [0.15, 0.2) is 0 Å². The number of phenols is 1. The molecule has 0 aliphatic carbocycles. The Bertz CT molecular complexity index is 1640. The Hall–Kier alpha value is -3.40. The normalized spacial score (nSPS) is 14.6. The second-order valence-electron chi connectivity index (χ2n) is 10.4. The number of aromatic hydroxyl groups is 1. The highest BCUT2D eigenvalue weighted by molar-refractivity contribution is 7.09. The number of methoxy groups -OCH3 is 1. The number of thiophene rings is 1. The van der Waals surface area contributed by atoms with Crippen LogP contribution in [0.5, 0.6) is 11.5 Å². The van der Waals surface area contributed by atoms with E-state index in [9.17, 15) is 5.11 Å². The summed E-state index contributed by atoms with van der Waals surface area (Å²) in [6.07, 6.45) is 0. The van der Waals surface area contributed by atoms with E-state index in [1.165, 1.54) is 4.88 Å². The van der Waals surface area contributed by atoms with Crippen molar-refractivity contribution in [3.8, 4) is 11.5 Å². The molecule has 0 radical (unpaired) electrons. The number of piperazine rings is 1. The molecule has 3 heterocycles. The number of anilines is 2. The van der Waals surface area contributed by atoms with Crippen LogP contribution in [0.15, 0.2) is 72.1 Å². The third-order valence-electron chi connectivity index (χ3n) is 7.63. The Balaban J connectivity index is 1.14. The number of ether oxygens (including phenoxy) is 1. The molecule has 7 nitrogen and oxygen atoms in total. The van der Waals surface area contributed by atoms with E-state index >= 15 is 0 Å².